The molecule has 1 fully saturated rings. The number of phenolic OH excluding ortho intramolecular Hbond substituents is 1. The largest absolute Gasteiger partial charge is 0.508 e. The van der Waals surface area contributed by atoms with E-state index in [0.29, 0.717) is 27.6 Å². The lowest BCUT2D eigenvalue weighted by atomic mass is 9.93. The van der Waals surface area contributed by atoms with E-state index in [0.717, 1.165) is 5.56 Å². The number of amides is 1. The summed E-state index contributed by atoms with van der Waals surface area (Å²) in [6, 6.07) is 14.8. The Bertz CT molecular complexity index is 1370. The maximum absolute atomic E-state index is 13.3. The zero-order chi connectivity index (χ0) is 25.4. The number of aliphatic hydroxyl groups is 1. The van der Waals surface area contributed by atoms with Crippen LogP contribution < -0.4 is 9.64 Å². The number of methoxy groups -OCH3 is 1. The molecule has 8 heteroatoms. The van der Waals surface area contributed by atoms with Gasteiger partial charge in [-0.25, -0.2) is 0 Å². The molecule has 3 aromatic rings. The smallest absolute Gasteiger partial charge is 0.300 e. The van der Waals surface area contributed by atoms with Gasteiger partial charge in [-0.05, 0) is 65.6 Å². The molecule has 1 saturated heterocycles. The quantitative estimate of drug-likeness (QED) is 0.233. The molecule has 1 unspecified atom stereocenters. The number of hydrogen-bond acceptors (Lipinski definition) is 5. The Morgan fingerprint density at radius 1 is 1.00 bits per heavy atom. The van der Waals surface area contributed by atoms with Crippen molar-refractivity contribution in [2.75, 3.05) is 12.0 Å². The van der Waals surface area contributed by atoms with Crippen LogP contribution in [0.15, 0.2) is 66.2 Å². The number of carbonyl (C=O) groups excluding carboxylic acids is 2. The molecule has 0 radical (unpaired) electrons. The van der Waals surface area contributed by atoms with Gasteiger partial charge >= 0.3 is 0 Å². The van der Waals surface area contributed by atoms with Gasteiger partial charge < -0.3 is 14.9 Å². The molecule has 1 atom stereocenters. The third-order valence-electron chi connectivity index (χ3n) is 5.94. The van der Waals surface area contributed by atoms with Crippen LogP contribution in [0.3, 0.4) is 0 Å². The van der Waals surface area contributed by atoms with Crippen LogP contribution in [0.5, 0.6) is 11.5 Å². The van der Waals surface area contributed by atoms with Crippen LogP contribution in [0.1, 0.15) is 42.5 Å². The summed E-state index contributed by atoms with van der Waals surface area (Å²) in [4.78, 5) is 27.8. The second-order valence-corrected chi connectivity index (χ2v) is 9.29. The molecule has 0 aliphatic carbocycles. The predicted molar refractivity (Wildman–Crippen MR) is 136 cm³/mol. The molecular formula is C27H23Cl2NO5. The first-order valence-corrected chi connectivity index (χ1v) is 11.6. The standard InChI is InChI=1S/C27H23Cl2NO5/c1-14(2)19-12-16(7-10-22(19)35-3)25(32)23-24(15-5-4-6-18(31)11-15)30(27(34)26(23)33)17-8-9-20(28)21(29)13-17/h4-14,24,31-32H,1-3H3/b25-23-. The van der Waals surface area contributed by atoms with E-state index in [2.05, 4.69) is 0 Å². The summed E-state index contributed by atoms with van der Waals surface area (Å²) in [5.41, 5.74) is 1.86. The van der Waals surface area contributed by atoms with Gasteiger partial charge in [0.1, 0.15) is 17.3 Å². The van der Waals surface area contributed by atoms with Crippen molar-refractivity contribution in [1.82, 2.24) is 0 Å². The number of carbonyl (C=O) groups is 2. The fourth-order valence-corrected chi connectivity index (χ4v) is 4.52. The number of phenols is 1. The molecule has 1 heterocycles. The molecular weight excluding hydrogens is 489 g/mol. The van der Waals surface area contributed by atoms with Gasteiger partial charge in [-0.15, -0.1) is 0 Å². The summed E-state index contributed by atoms with van der Waals surface area (Å²) >= 11 is 12.3. The highest BCUT2D eigenvalue weighted by atomic mass is 35.5. The maximum atomic E-state index is 13.3. The first-order valence-electron chi connectivity index (χ1n) is 10.9. The minimum atomic E-state index is -1.01. The summed E-state index contributed by atoms with van der Waals surface area (Å²) in [6.45, 7) is 3.97. The highest BCUT2D eigenvalue weighted by molar-refractivity contribution is 6.52. The Kier molecular flexibility index (Phi) is 6.79. The third kappa shape index (κ3) is 4.47. The molecule has 0 aromatic heterocycles. The highest BCUT2D eigenvalue weighted by Gasteiger charge is 2.47. The summed E-state index contributed by atoms with van der Waals surface area (Å²) in [5.74, 6) is -1.34. The van der Waals surface area contributed by atoms with Crippen LogP contribution in [0.25, 0.3) is 5.76 Å². The molecule has 0 bridgehead atoms. The Hall–Kier alpha value is -3.48. The van der Waals surface area contributed by atoms with Crippen LogP contribution in [-0.2, 0) is 9.59 Å². The summed E-state index contributed by atoms with van der Waals surface area (Å²) in [7, 11) is 1.56. The van der Waals surface area contributed by atoms with Crippen LogP contribution in [0.4, 0.5) is 5.69 Å². The molecule has 0 saturated carbocycles. The molecule has 35 heavy (non-hydrogen) atoms. The van der Waals surface area contributed by atoms with E-state index < -0.39 is 17.7 Å². The lowest BCUT2D eigenvalue weighted by Gasteiger charge is -2.26. The number of benzene rings is 3. The van der Waals surface area contributed by atoms with Crippen LogP contribution in [-0.4, -0.2) is 29.0 Å². The highest BCUT2D eigenvalue weighted by Crippen LogP contribution is 2.44. The number of ether oxygens (including phenoxy) is 1. The van der Waals surface area contributed by atoms with Crippen molar-refractivity contribution in [3.8, 4) is 11.5 Å². The van der Waals surface area contributed by atoms with Crippen molar-refractivity contribution in [3.05, 3.63) is 93.0 Å². The number of nitrogens with zero attached hydrogens (tertiary/aromatic N) is 1. The van der Waals surface area contributed by atoms with E-state index in [1.165, 1.54) is 29.2 Å². The van der Waals surface area contributed by atoms with Crippen LogP contribution in [0.2, 0.25) is 10.0 Å². The lowest BCUT2D eigenvalue weighted by Crippen LogP contribution is -2.29. The zero-order valence-corrected chi connectivity index (χ0v) is 20.8. The van der Waals surface area contributed by atoms with E-state index in [1.807, 2.05) is 13.8 Å². The maximum Gasteiger partial charge on any atom is 0.300 e. The van der Waals surface area contributed by atoms with Crippen LogP contribution in [0, 0.1) is 0 Å². The number of ketones is 1. The first-order chi connectivity index (χ1) is 16.6. The summed E-state index contributed by atoms with van der Waals surface area (Å²) < 4.78 is 5.43. The lowest BCUT2D eigenvalue weighted by molar-refractivity contribution is -0.132. The number of halogens is 2. The average molecular weight is 512 g/mol. The summed E-state index contributed by atoms with van der Waals surface area (Å²) in [5, 5.41) is 22.0. The van der Waals surface area contributed by atoms with Gasteiger partial charge in [0.15, 0.2) is 0 Å². The van der Waals surface area contributed by atoms with Gasteiger partial charge in [0.05, 0.1) is 28.8 Å². The van der Waals surface area contributed by atoms with E-state index in [-0.39, 0.29) is 28.0 Å². The Labute approximate surface area is 213 Å². The van der Waals surface area contributed by atoms with Gasteiger partial charge in [-0.2, -0.15) is 0 Å². The fourth-order valence-electron chi connectivity index (χ4n) is 4.23. The Morgan fingerprint density at radius 2 is 1.74 bits per heavy atom. The van der Waals surface area contributed by atoms with Crippen molar-refractivity contribution in [3.63, 3.8) is 0 Å². The number of aliphatic hydroxyl groups excluding tert-OH is 1. The SMILES string of the molecule is COc1ccc(/C(O)=C2/C(=O)C(=O)N(c3ccc(Cl)c(Cl)c3)C2c2cccc(O)c2)cc1C(C)C. The predicted octanol–water partition coefficient (Wildman–Crippen LogP) is 6.46. The van der Waals surface area contributed by atoms with Gasteiger partial charge in [-0.3, -0.25) is 14.5 Å². The Morgan fingerprint density at radius 3 is 2.37 bits per heavy atom. The minimum Gasteiger partial charge on any atom is -0.508 e. The second kappa shape index (κ2) is 9.64. The number of aromatic hydroxyl groups is 1. The van der Waals surface area contributed by atoms with Gasteiger partial charge in [0.2, 0.25) is 0 Å². The van der Waals surface area contributed by atoms with Crippen LogP contribution >= 0.6 is 23.2 Å². The molecule has 2 N–H and O–H groups in total. The first kappa shape index (κ1) is 24.6. The van der Waals surface area contributed by atoms with Crippen molar-refractivity contribution in [2.24, 2.45) is 0 Å². The molecule has 0 spiro atoms. The molecule has 180 valence electrons. The second-order valence-electron chi connectivity index (χ2n) is 8.47. The van der Waals surface area contributed by atoms with Gasteiger partial charge in [0.25, 0.3) is 11.7 Å². The topological polar surface area (TPSA) is 87.1 Å². The van der Waals surface area contributed by atoms with Crippen molar-refractivity contribution < 1.29 is 24.5 Å². The molecule has 4 rings (SSSR count). The number of Topliss-reactive ketones (excluding diaryl/α,β-unsaturated/α-hetero) is 1. The molecule has 1 amide bonds. The monoisotopic (exact) mass is 511 g/mol. The number of anilines is 1. The molecule has 6 nitrogen and oxygen atoms in total. The van der Waals surface area contributed by atoms with Gasteiger partial charge in [0, 0.05) is 11.3 Å². The normalized spacial score (nSPS) is 17.3. The molecule has 1 aliphatic rings. The zero-order valence-electron chi connectivity index (χ0n) is 19.3. The van der Waals surface area contributed by atoms with E-state index >= 15 is 0 Å². The molecule has 3 aromatic carbocycles. The average Bonchev–Trinajstić information content (AvgIpc) is 3.10. The summed E-state index contributed by atoms with van der Waals surface area (Å²) in [6.07, 6.45) is 0. The number of rotatable bonds is 5. The van der Waals surface area contributed by atoms with Crippen molar-refractivity contribution in [2.45, 2.75) is 25.8 Å². The van der Waals surface area contributed by atoms with E-state index in [4.69, 9.17) is 27.9 Å². The van der Waals surface area contributed by atoms with Gasteiger partial charge in [-0.1, -0.05) is 49.2 Å². The van der Waals surface area contributed by atoms with E-state index in [1.54, 1.807) is 43.5 Å². The van der Waals surface area contributed by atoms with Crippen molar-refractivity contribution >= 4 is 46.3 Å². The number of hydrogen-bond donors (Lipinski definition) is 2. The molecule has 1 aliphatic heterocycles. The fraction of sp³-hybridized carbons (Fsp3) is 0.185. The minimum absolute atomic E-state index is 0.0474. The van der Waals surface area contributed by atoms with Crippen molar-refractivity contribution in [1.29, 1.82) is 0 Å². The van der Waals surface area contributed by atoms with E-state index in [9.17, 15) is 19.8 Å². The Balaban J connectivity index is 1.96. The third-order valence-corrected chi connectivity index (χ3v) is 6.68.